The zero-order valence-electron chi connectivity index (χ0n) is 11.3. The third kappa shape index (κ3) is 4.17. The minimum Gasteiger partial charge on any atom is -0.496 e. The number of nitrogens with zero attached hydrogens (tertiary/aromatic N) is 1. The first kappa shape index (κ1) is 14.7. The van der Waals surface area contributed by atoms with Gasteiger partial charge in [0.05, 0.1) is 11.6 Å². The molecule has 2 aromatic rings. The maximum absolute atomic E-state index is 12.0. The molecule has 0 bridgehead atoms. The standard InChI is InChI=1S/C16H16BrNO2/c1-20-16-7-5-13(10-15(16)17)9-14(19)6-4-12-3-2-8-18-11-12/h2-3,5,7-8,10-11H,4,6,9H2,1H3. The molecule has 0 aliphatic heterocycles. The second-order valence-corrected chi connectivity index (χ2v) is 5.40. The average molecular weight is 334 g/mol. The van der Waals surface area contributed by atoms with E-state index in [4.69, 9.17) is 4.74 Å². The van der Waals surface area contributed by atoms with Crippen molar-refractivity contribution < 1.29 is 9.53 Å². The molecule has 0 saturated carbocycles. The Kier molecular flexibility index (Phi) is 5.30. The molecule has 4 heteroatoms. The number of hydrogen-bond acceptors (Lipinski definition) is 3. The van der Waals surface area contributed by atoms with Crippen LogP contribution < -0.4 is 4.74 Å². The summed E-state index contributed by atoms with van der Waals surface area (Å²) in [7, 11) is 1.62. The number of methoxy groups -OCH3 is 1. The predicted molar refractivity (Wildman–Crippen MR) is 82.0 cm³/mol. The van der Waals surface area contributed by atoms with Gasteiger partial charge in [0.15, 0.2) is 0 Å². The maximum atomic E-state index is 12.0. The van der Waals surface area contributed by atoms with Crippen molar-refractivity contribution in [3.8, 4) is 5.75 Å². The van der Waals surface area contributed by atoms with Crippen LogP contribution in [0.5, 0.6) is 5.75 Å². The van der Waals surface area contributed by atoms with Crippen molar-refractivity contribution >= 4 is 21.7 Å². The molecule has 1 heterocycles. The Morgan fingerprint density at radius 3 is 2.80 bits per heavy atom. The number of aryl methyl sites for hydroxylation is 1. The Balaban J connectivity index is 1.90. The average Bonchev–Trinajstić information content (AvgIpc) is 2.46. The number of benzene rings is 1. The van der Waals surface area contributed by atoms with Crippen LogP contribution in [0.2, 0.25) is 0 Å². The third-order valence-corrected chi connectivity index (χ3v) is 3.65. The second-order valence-electron chi connectivity index (χ2n) is 4.55. The van der Waals surface area contributed by atoms with Crippen molar-refractivity contribution in [1.29, 1.82) is 0 Å². The van der Waals surface area contributed by atoms with Gasteiger partial charge in [0.25, 0.3) is 0 Å². The van der Waals surface area contributed by atoms with Crippen molar-refractivity contribution in [3.63, 3.8) is 0 Å². The fourth-order valence-electron chi connectivity index (χ4n) is 1.97. The molecular weight excluding hydrogens is 318 g/mol. The Bertz CT molecular complexity index is 584. The van der Waals surface area contributed by atoms with Gasteiger partial charge in [-0.15, -0.1) is 0 Å². The zero-order chi connectivity index (χ0) is 14.4. The van der Waals surface area contributed by atoms with Gasteiger partial charge in [-0.2, -0.15) is 0 Å². The number of carbonyl (C=O) groups excluding carboxylic acids is 1. The quantitative estimate of drug-likeness (QED) is 0.810. The van der Waals surface area contributed by atoms with E-state index in [-0.39, 0.29) is 5.78 Å². The molecule has 2 rings (SSSR count). The van der Waals surface area contributed by atoms with Crippen LogP contribution in [0.4, 0.5) is 0 Å². The summed E-state index contributed by atoms with van der Waals surface area (Å²) in [6.45, 7) is 0. The SMILES string of the molecule is COc1ccc(CC(=O)CCc2cccnc2)cc1Br. The number of Topliss-reactive ketones (excluding diaryl/α,β-unsaturated/α-hetero) is 1. The lowest BCUT2D eigenvalue weighted by atomic mass is 10.0. The van der Waals surface area contributed by atoms with E-state index in [0.29, 0.717) is 12.8 Å². The number of aromatic nitrogens is 1. The Labute approximate surface area is 127 Å². The van der Waals surface area contributed by atoms with Crippen molar-refractivity contribution in [2.75, 3.05) is 7.11 Å². The predicted octanol–water partition coefficient (Wildman–Crippen LogP) is 3.60. The summed E-state index contributed by atoms with van der Waals surface area (Å²) in [4.78, 5) is 16.0. The summed E-state index contributed by atoms with van der Waals surface area (Å²) in [6.07, 6.45) is 5.26. The Morgan fingerprint density at radius 1 is 1.30 bits per heavy atom. The second kappa shape index (κ2) is 7.20. The molecule has 0 fully saturated rings. The summed E-state index contributed by atoms with van der Waals surface area (Å²) < 4.78 is 6.04. The van der Waals surface area contributed by atoms with Gasteiger partial charge >= 0.3 is 0 Å². The topological polar surface area (TPSA) is 39.2 Å². The van der Waals surface area contributed by atoms with Gasteiger partial charge in [0.2, 0.25) is 0 Å². The first-order valence-electron chi connectivity index (χ1n) is 6.42. The normalized spacial score (nSPS) is 10.3. The minimum atomic E-state index is 0.228. The summed E-state index contributed by atoms with van der Waals surface area (Å²) in [5.41, 5.74) is 2.09. The number of ether oxygens (including phenoxy) is 1. The number of pyridine rings is 1. The molecule has 0 saturated heterocycles. The number of rotatable bonds is 6. The molecule has 0 N–H and O–H groups in total. The molecule has 20 heavy (non-hydrogen) atoms. The molecular formula is C16H16BrNO2. The fraction of sp³-hybridized carbons (Fsp3) is 0.250. The fourth-order valence-corrected chi connectivity index (χ4v) is 2.55. The smallest absolute Gasteiger partial charge is 0.137 e. The van der Waals surface area contributed by atoms with Crippen LogP contribution in [-0.2, 0) is 17.6 Å². The summed E-state index contributed by atoms with van der Waals surface area (Å²) in [5.74, 6) is 1.00. The Morgan fingerprint density at radius 2 is 2.15 bits per heavy atom. The highest BCUT2D eigenvalue weighted by Crippen LogP contribution is 2.25. The highest BCUT2D eigenvalue weighted by Gasteiger charge is 2.07. The molecule has 1 aromatic carbocycles. The van der Waals surface area contributed by atoms with Crippen molar-refractivity contribution in [2.24, 2.45) is 0 Å². The first-order valence-corrected chi connectivity index (χ1v) is 7.21. The van der Waals surface area contributed by atoms with E-state index < -0.39 is 0 Å². The monoisotopic (exact) mass is 333 g/mol. The molecule has 0 amide bonds. The lowest BCUT2D eigenvalue weighted by Gasteiger charge is -2.06. The molecule has 3 nitrogen and oxygen atoms in total. The van der Waals surface area contributed by atoms with Crippen molar-refractivity contribution in [3.05, 3.63) is 58.3 Å². The largest absolute Gasteiger partial charge is 0.496 e. The van der Waals surface area contributed by atoms with E-state index in [9.17, 15) is 4.79 Å². The molecule has 0 aliphatic rings. The maximum Gasteiger partial charge on any atom is 0.137 e. The van der Waals surface area contributed by atoms with Gasteiger partial charge in [-0.25, -0.2) is 0 Å². The van der Waals surface area contributed by atoms with E-state index >= 15 is 0 Å². The zero-order valence-corrected chi connectivity index (χ0v) is 12.9. The highest BCUT2D eigenvalue weighted by molar-refractivity contribution is 9.10. The number of hydrogen-bond donors (Lipinski definition) is 0. The molecule has 1 aromatic heterocycles. The summed E-state index contributed by atoms with van der Waals surface area (Å²) in [6, 6.07) is 9.60. The summed E-state index contributed by atoms with van der Waals surface area (Å²) in [5, 5.41) is 0. The minimum absolute atomic E-state index is 0.228. The van der Waals surface area contributed by atoms with Crippen LogP contribution in [0.3, 0.4) is 0 Å². The third-order valence-electron chi connectivity index (χ3n) is 3.03. The Hall–Kier alpha value is -1.68. The number of ketones is 1. The van der Waals surface area contributed by atoms with Crippen molar-refractivity contribution in [1.82, 2.24) is 4.98 Å². The highest BCUT2D eigenvalue weighted by atomic mass is 79.9. The van der Waals surface area contributed by atoms with Gasteiger partial charge in [0, 0.05) is 25.2 Å². The first-order chi connectivity index (χ1) is 9.69. The summed E-state index contributed by atoms with van der Waals surface area (Å²) >= 11 is 3.43. The van der Waals surface area contributed by atoms with E-state index in [0.717, 1.165) is 27.8 Å². The molecule has 104 valence electrons. The van der Waals surface area contributed by atoms with Crippen LogP contribution in [0.1, 0.15) is 17.5 Å². The number of halogens is 1. The van der Waals surface area contributed by atoms with Crippen LogP contribution in [0, 0.1) is 0 Å². The van der Waals surface area contributed by atoms with E-state index in [1.807, 2.05) is 30.3 Å². The van der Waals surface area contributed by atoms with Gasteiger partial charge in [0.1, 0.15) is 11.5 Å². The van der Waals surface area contributed by atoms with E-state index in [1.54, 1.807) is 19.5 Å². The molecule has 0 spiro atoms. The lowest BCUT2D eigenvalue weighted by molar-refractivity contribution is -0.118. The molecule has 0 atom stereocenters. The van der Waals surface area contributed by atoms with Crippen molar-refractivity contribution in [2.45, 2.75) is 19.3 Å². The lowest BCUT2D eigenvalue weighted by Crippen LogP contribution is -2.04. The van der Waals surface area contributed by atoms with Crippen LogP contribution in [0.25, 0.3) is 0 Å². The van der Waals surface area contributed by atoms with Gasteiger partial charge in [-0.05, 0) is 51.7 Å². The van der Waals surface area contributed by atoms with Gasteiger partial charge in [-0.3, -0.25) is 9.78 Å². The van der Waals surface area contributed by atoms with Crippen LogP contribution in [-0.4, -0.2) is 17.9 Å². The van der Waals surface area contributed by atoms with E-state index in [2.05, 4.69) is 20.9 Å². The van der Waals surface area contributed by atoms with Gasteiger partial charge in [-0.1, -0.05) is 12.1 Å². The molecule has 0 unspecified atom stereocenters. The molecule has 0 radical (unpaired) electrons. The number of carbonyl (C=O) groups is 1. The van der Waals surface area contributed by atoms with Crippen LogP contribution in [0.15, 0.2) is 47.2 Å². The van der Waals surface area contributed by atoms with Crippen LogP contribution >= 0.6 is 15.9 Å². The molecule has 0 aliphatic carbocycles. The van der Waals surface area contributed by atoms with Gasteiger partial charge < -0.3 is 4.74 Å². The van der Waals surface area contributed by atoms with E-state index in [1.165, 1.54) is 0 Å².